The van der Waals surface area contributed by atoms with Gasteiger partial charge in [0.05, 0.1) is 0 Å². The van der Waals surface area contributed by atoms with Crippen molar-refractivity contribution in [3.05, 3.63) is 159 Å². The van der Waals surface area contributed by atoms with E-state index in [1.807, 2.05) is 11.8 Å². The van der Waals surface area contributed by atoms with Crippen molar-refractivity contribution in [2.45, 2.75) is 46.4 Å². The molecule has 0 spiro atoms. The molecule has 0 aliphatic heterocycles. The number of aryl methyl sites for hydroxylation is 6. The summed E-state index contributed by atoms with van der Waals surface area (Å²) < 4.78 is 0. The molecule has 0 radical (unpaired) electrons. The van der Waals surface area contributed by atoms with E-state index in [1.165, 1.54) is 77.2 Å². The van der Waals surface area contributed by atoms with Crippen molar-refractivity contribution in [1.82, 2.24) is 0 Å². The van der Waals surface area contributed by atoms with E-state index < -0.39 is 0 Å². The van der Waals surface area contributed by atoms with E-state index in [0.717, 1.165) is 0 Å². The Morgan fingerprint density at radius 2 is 1.00 bits per heavy atom. The monoisotopic (exact) mass is 550 g/mol. The van der Waals surface area contributed by atoms with Gasteiger partial charge in [0.2, 0.25) is 0 Å². The lowest BCUT2D eigenvalue weighted by Gasteiger charge is -2.20. The first-order valence-electron chi connectivity index (χ1n) is 14.3. The Morgan fingerprint density at radius 3 is 1.49 bits per heavy atom. The first-order valence-corrected chi connectivity index (χ1v) is 15.1. The van der Waals surface area contributed by atoms with Gasteiger partial charge in [0.25, 0.3) is 0 Å². The fourth-order valence-corrected chi connectivity index (χ4v) is 7.03. The molecule has 41 heavy (non-hydrogen) atoms. The standard InChI is InChI=1S/C40H38S/c1-27-22-29(3)38(30(4)23-27)36-18-13-19-37(39-31(5)24-28(2)25-32(39)6)40(36)41-26-35(34-16-11-8-12-17-34)21-20-33-14-9-7-10-15-33/h7-26H,1-6H3/b21-20+,35-26-. The van der Waals surface area contributed by atoms with Crippen LogP contribution in [-0.4, -0.2) is 0 Å². The third-order valence-corrected chi connectivity index (χ3v) is 8.62. The largest absolute Gasteiger partial charge is 0.0961 e. The van der Waals surface area contributed by atoms with Crippen LogP contribution in [0.4, 0.5) is 0 Å². The van der Waals surface area contributed by atoms with Crippen LogP contribution in [0.3, 0.4) is 0 Å². The molecular weight excluding hydrogens is 513 g/mol. The summed E-state index contributed by atoms with van der Waals surface area (Å²) in [6.45, 7) is 13.3. The quantitative estimate of drug-likeness (QED) is 0.143. The predicted molar refractivity (Wildman–Crippen MR) is 181 cm³/mol. The smallest absolute Gasteiger partial charge is 0.0273 e. The van der Waals surface area contributed by atoms with Gasteiger partial charge in [0.1, 0.15) is 0 Å². The van der Waals surface area contributed by atoms with Crippen LogP contribution >= 0.6 is 11.8 Å². The Morgan fingerprint density at radius 1 is 0.537 bits per heavy atom. The van der Waals surface area contributed by atoms with Crippen molar-refractivity contribution in [2.24, 2.45) is 0 Å². The van der Waals surface area contributed by atoms with E-state index in [2.05, 4.69) is 162 Å². The summed E-state index contributed by atoms with van der Waals surface area (Å²) in [4.78, 5) is 1.29. The normalized spacial score (nSPS) is 11.8. The molecule has 0 aliphatic rings. The lowest BCUT2D eigenvalue weighted by atomic mass is 9.89. The Labute approximate surface area is 250 Å². The van der Waals surface area contributed by atoms with Crippen molar-refractivity contribution >= 4 is 23.4 Å². The van der Waals surface area contributed by atoms with Crippen molar-refractivity contribution in [1.29, 1.82) is 0 Å². The number of rotatable bonds is 7. The molecule has 0 fully saturated rings. The first kappa shape index (κ1) is 28.5. The van der Waals surface area contributed by atoms with E-state index in [0.29, 0.717) is 0 Å². The fourth-order valence-electron chi connectivity index (χ4n) is 5.97. The molecule has 0 amide bonds. The van der Waals surface area contributed by atoms with E-state index in [9.17, 15) is 0 Å². The highest BCUT2D eigenvalue weighted by Crippen LogP contribution is 2.45. The Bertz CT molecular complexity index is 1620. The molecule has 0 aromatic heterocycles. The number of hydrogen-bond acceptors (Lipinski definition) is 1. The van der Waals surface area contributed by atoms with Crippen molar-refractivity contribution in [3.63, 3.8) is 0 Å². The number of thioether (sulfide) groups is 1. The molecule has 0 saturated heterocycles. The van der Waals surface area contributed by atoms with Gasteiger partial charge >= 0.3 is 0 Å². The second-order valence-electron chi connectivity index (χ2n) is 11.0. The van der Waals surface area contributed by atoms with Gasteiger partial charge in [0.15, 0.2) is 0 Å². The van der Waals surface area contributed by atoms with Crippen LogP contribution in [0, 0.1) is 41.5 Å². The maximum atomic E-state index is 2.33. The molecule has 5 aromatic carbocycles. The molecule has 0 aliphatic carbocycles. The minimum Gasteiger partial charge on any atom is -0.0961 e. The molecule has 0 atom stereocenters. The molecule has 0 unspecified atom stereocenters. The number of hydrogen-bond donors (Lipinski definition) is 0. The van der Waals surface area contributed by atoms with E-state index >= 15 is 0 Å². The lowest BCUT2D eigenvalue weighted by molar-refractivity contribution is 1.28. The Hall–Kier alpha value is -4.07. The van der Waals surface area contributed by atoms with Crippen LogP contribution in [0.5, 0.6) is 0 Å². The first-order chi connectivity index (χ1) is 19.8. The highest BCUT2D eigenvalue weighted by Gasteiger charge is 2.18. The molecule has 0 heterocycles. The van der Waals surface area contributed by atoms with Crippen molar-refractivity contribution < 1.29 is 0 Å². The van der Waals surface area contributed by atoms with Gasteiger partial charge in [-0.3, -0.25) is 0 Å². The fraction of sp³-hybridized carbons (Fsp3) is 0.150. The van der Waals surface area contributed by atoms with Crippen LogP contribution in [0.2, 0.25) is 0 Å². The topological polar surface area (TPSA) is 0 Å². The number of benzene rings is 5. The summed E-state index contributed by atoms with van der Waals surface area (Å²) in [5.74, 6) is 0. The predicted octanol–water partition coefficient (Wildman–Crippen LogP) is 11.7. The zero-order valence-electron chi connectivity index (χ0n) is 25.0. The Kier molecular flexibility index (Phi) is 8.76. The van der Waals surface area contributed by atoms with Crippen LogP contribution in [-0.2, 0) is 0 Å². The van der Waals surface area contributed by atoms with Crippen LogP contribution in [0.25, 0.3) is 33.9 Å². The third-order valence-electron chi connectivity index (χ3n) is 7.57. The van der Waals surface area contributed by atoms with Gasteiger partial charge in [0, 0.05) is 4.90 Å². The molecule has 5 aromatic rings. The minimum absolute atomic E-state index is 1.19. The highest BCUT2D eigenvalue weighted by atomic mass is 32.2. The second kappa shape index (κ2) is 12.6. The van der Waals surface area contributed by atoms with E-state index in [4.69, 9.17) is 0 Å². The lowest BCUT2D eigenvalue weighted by Crippen LogP contribution is -1.96. The van der Waals surface area contributed by atoms with Gasteiger partial charge < -0.3 is 0 Å². The van der Waals surface area contributed by atoms with E-state index in [1.54, 1.807) is 0 Å². The van der Waals surface area contributed by atoms with Gasteiger partial charge in [-0.15, -0.1) is 0 Å². The van der Waals surface area contributed by atoms with Crippen LogP contribution in [0.15, 0.2) is 120 Å². The molecule has 0 nitrogen and oxygen atoms in total. The molecule has 0 bridgehead atoms. The summed E-state index contributed by atoms with van der Waals surface area (Å²) in [6.07, 6.45) is 4.44. The third kappa shape index (κ3) is 6.47. The summed E-state index contributed by atoms with van der Waals surface area (Å²) in [5, 5.41) is 2.33. The summed E-state index contributed by atoms with van der Waals surface area (Å²) in [7, 11) is 0. The van der Waals surface area contributed by atoms with Gasteiger partial charge in [-0.2, -0.15) is 0 Å². The molecular formula is C40H38S. The average Bonchev–Trinajstić information content (AvgIpc) is 2.94. The summed E-state index contributed by atoms with van der Waals surface area (Å²) in [5.41, 5.74) is 16.7. The molecule has 0 saturated carbocycles. The average molecular weight is 551 g/mol. The second-order valence-corrected chi connectivity index (χ2v) is 11.9. The van der Waals surface area contributed by atoms with Gasteiger partial charge in [-0.05, 0) is 108 Å². The van der Waals surface area contributed by atoms with Crippen LogP contribution in [0.1, 0.15) is 44.5 Å². The highest BCUT2D eigenvalue weighted by molar-refractivity contribution is 8.02. The summed E-state index contributed by atoms with van der Waals surface area (Å²) in [6, 6.07) is 37.2. The molecule has 204 valence electrons. The molecule has 5 rings (SSSR count). The molecule has 0 N–H and O–H groups in total. The minimum atomic E-state index is 1.19. The van der Waals surface area contributed by atoms with Crippen molar-refractivity contribution in [3.8, 4) is 22.3 Å². The summed E-state index contributed by atoms with van der Waals surface area (Å²) >= 11 is 1.83. The Balaban J connectivity index is 1.72. The van der Waals surface area contributed by atoms with Crippen molar-refractivity contribution in [2.75, 3.05) is 0 Å². The number of allylic oxidation sites excluding steroid dienone is 2. The zero-order valence-corrected chi connectivity index (χ0v) is 25.8. The van der Waals surface area contributed by atoms with Gasteiger partial charge in [-0.1, -0.05) is 138 Å². The molecule has 1 heteroatoms. The maximum absolute atomic E-state index is 2.33. The van der Waals surface area contributed by atoms with Crippen LogP contribution < -0.4 is 0 Å². The van der Waals surface area contributed by atoms with Gasteiger partial charge in [-0.25, -0.2) is 0 Å². The van der Waals surface area contributed by atoms with E-state index in [-0.39, 0.29) is 0 Å². The maximum Gasteiger partial charge on any atom is 0.0273 e. The zero-order chi connectivity index (χ0) is 28.9. The SMILES string of the molecule is Cc1cc(C)c(-c2cccc(-c3c(C)cc(C)cc3C)c2S/C=C(/C=C/c2ccccc2)c2ccccc2)c(C)c1.